The number of aryl methyl sites for hydroxylation is 2. The number of nitrogens with one attached hydrogen (secondary N) is 1. The summed E-state index contributed by atoms with van der Waals surface area (Å²) in [6.45, 7) is 8.87. The predicted octanol–water partition coefficient (Wildman–Crippen LogP) is 5.09. The third-order valence-corrected chi connectivity index (χ3v) is 5.94. The topological polar surface area (TPSA) is 58.6 Å². The highest BCUT2D eigenvalue weighted by atomic mass is 16.5. The smallest absolute Gasteiger partial charge is 0.261 e. The Hall–Kier alpha value is -3.60. The fourth-order valence-corrected chi connectivity index (χ4v) is 3.81. The van der Waals surface area contributed by atoms with Gasteiger partial charge in [-0.15, -0.1) is 0 Å². The van der Waals surface area contributed by atoms with E-state index in [9.17, 15) is 9.59 Å². The first-order valence-electron chi connectivity index (χ1n) is 12.2. The van der Waals surface area contributed by atoms with Gasteiger partial charge in [0.25, 0.3) is 5.91 Å². The van der Waals surface area contributed by atoms with Crippen LogP contribution in [0.25, 0.3) is 0 Å². The number of hydrogen-bond acceptors (Lipinski definition) is 3. The molecule has 0 aliphatic carbocycles. The van der Waals surface area contributed by atoms with Crippen molar-refractivity contribution in [3.8, 4) is 5.75 Å². The molecule has 2 amide bonds. The van der Waals surface area contributed by atoms with Gasteiger partial charge in [-0.25, -0.2) is 0 Å². The number of hydrogen-bond donors (Lipinski definition) is 1. The number of rotatable bonds is 11. The first-order valence-corrected chi connectivity index (χ1v) is 12.2. The molecule has 35 heavy (non-hydrogen) atoms. The molecule has 0 aliphatic rings. The van der Waals surface area contributed by atoms with Gasteiger partial charge in [0.05, 0.1) is 0 Å². The number of benzene rings is 3. The van der Waals surface area contributed by atoms with Crippen LogP contribution in [0.2, 0.25) is 0 Å². The molecule has 5 nitrogen and oxygen atoms in total. The minimum atomic E-state index is -0.662. The highest BCUT2D eigenvalue weighted by molar-refractivity contribution is 5.88. The molecule has 184 valence electrons. The molecule has 3 aromatic carbocycles. The SMILES string of the molecule is Cc1ccc(OCC(=O)N(Cc2ccccc2C)[C@@H](Cc2ccccc2)C(=O)NCC(C)C)cc1. The van der Waals surface area contributed by atoms with Crippen LogP contribution in [0.1, 0.15) is 36.1 Å². The standard InChI is InChI=1S/C30H36N2O3/c1-22(2)19-31-30(34)28(18-25-11-6-5-7-12-25)32(20-26-13-9-8-10-24(26)4)29(33)21-35-27-16-14-23(3)15-17-27/h5-17,22,28H,18-21H2,1-4H3,(H,31,34)/t28-/m0/s1. The molecule has 3 rings (SSSR count). The van der Waals surface area contributed by atoms with E-state index in [2.05, 4.69) is 19.2 Å². The quantitative estimate of drug-likeness (QED) is 0.423. The Kier molecular flexibility index (Phi) is 9.47. The molecule has 0 bridgehead atoms. The van der Waals surface area contributed by atoms with Crippen molar-refractivity contribution in [2.24, 2.45) is 5.92 Å². The van der Waals surface area contributed by atoms with Crippen molar-refractivity contribution in [1.82, 2.24) is 10.2 Å². The molecule has 3 aromatic rings. The van der Waals surface area contributed by atoms with Crippen molar-refractivity contribution in [2.45, 2.75) is 46.7 Å². The van der Waals surface area contributed by atoms with E-state index in [-0.39, 0.29) is 18.4 Å². The zero-order valence-corrected chi connectivity index (χ0v) is 21.2. The van der Waals surface area contributed by atoms with Crippen molar-refractivity contribution in [3.63, 3.8) is 0 Å². The van der Waals surface area contributed by atoms with Gasteiger partial charge in [0.15, 0.2) is 6.61 Å². The Labute approximate surface area is 209 Å². The lowest BCUT2D eigenvalue weighted by atomic mass is 10.0. The average molecular weight is 473 g/mol. The predicted molar refractivity (Wildman–Crippen MR) is 140 cm³/mol. The number of carbonyl (C=O) groups is 2. The van der Waals surface area contributed by atoms with E-state index in [0.29, 0.717) is 31.2 Å². The van der Waals surface area contributed by atoms with Gasteiger partial charge in [0.2, 0.25) is 5.91 Å². The number of amides is 2. The molecule has 0 aromatic heterocycles. The second-order valence-corrected chi connectivity index (χ2v) is 9.39. The van der Waals surface area contributed by atoms with Crippen molar-refractivity contribution in [1.29, 1.82) is 0 Å². The summed E-state index contributed by atoms with van der Waals surface area (Å²) in [4.78, 5) is 28.7. The van der Waals surface area contributed by atoms with E-state index >= 15 is 0 Å². The largest absolute Gasteiger partial charge is 0.484 e. The van der Waals surface area contributed by atoms with Crippen molar-refractivity contribution in [2.75, 3.05) is 13.2 Å². The minimum Gasteiger partial charge on any atom is -0.484 e. The van der Waals surface area contributed by atoms with Gasteiger partial charge in [-0.1, -0.05) is 86.1 Å². The maximum Gasteiger partial charge on any atom is 0.261 e. The maximum absolute atomic E-state index is 13.6. The van der Waals surface area contributed by atoms with Gasteiger partial charge in [-0.05, 0) is 48.6 Å². The van der Waals surface area contributed by atoms with E-state index in [1.807, 2.05) is 92.7 Å². The van der Waals surface area contributed by atoms with Crippen LogP contribution in [-0.2, 0) is 22.6 Å². The summed E-state index contributed by atoms with van der Waals surface area (Å²) in [5.74, 6) is 0.555. The summed E-state index contributed by atoms with van der Waals surface area (Å²) in [7, 11) is 0. The Morgan fingerprint density at radius 2 is 1.54 bits per heavy atom. The molecule has 0 heterocycles. The summed E-state index contributed by atoms with van der Waals surface area (Å²) in [5, 5.41) is 3.04. The summed E-state index contributed by atoms with van der Waals surface area (Å²) in [6, 6.07) is 24.7. The second kappa shape index (κ2) is 12.7. The number of nitrogens with zero attached hydrogens (tertiary/aromatic N) is 1. The molecule has 1 atom stereocenters. The summed E-state index contributed by atoms with van der Waals surface area (Å²) in [5.41, 5.74) is 4.20. The highest BCUT2D eigenvalue weighted by Crippen LogP contribution is 2.18. The highest BCUT2D eigenvalue weighted by Gasteiger charge is 2.31. The second-order valence-electron chi connectivity index (χ2n) is 9.39. The maximum atomic E-state index is 13.6. The van der Waals surface area contributed by atoms with Crippen LogP contribution < -0.4 is 10.1 Å². The molecule has 0 fully saturated rings. The molecule has 0 saturated heterocycles. The lowest BCUT2D eigenvalue weighted by Crippen LogP contribution is -2.52. The summed E-state index contributed by atoms with van der Waals surface area (Å²) < 4.78 is 5.83. The lowest BCUT2D eigenvalue weighted by Gasteiger charge is -2.32. The fraction of sp³-hybridized carbons (Fsp3) is 0.333. The van der Waals surface area contributed by atoms with E-state index in [4.69, 9.17) is 4.74 Å². The molecular formula is C30H36N2O3. The number of carbonyl (C=O) groups excluding carboxylic acids is 2. The van der Waals surface area contributed by atoms with Crippen LogP contribution in [0.4, 0.5) is 0 Å². The Morgan fingerprint density at radius 1 is 0.886 bits per heavy atom. The third-order valence-electron chi connectivity index (χ3n) is 5.94. The van der Waals surface area contributed by atoms with Gasteiger partial charge >= 0.3 is 0 Å². The third kappa shape index (κ3) is 7.99. The Balaban J connectivity index is 1.90. The molecular weight excluding hydrogens is 436 g/mol. The van der Waals surface area contributed by atoms with Gasteiger partial charge < -0.3 is 15.0 Å². The minimum absolute atomic E-state index is 0.141. The summed E-state index contributed by atoms with van der Waals surface area (Å²) in [6.07, 6.45) is 0.424. The van der Waals surface area contributed by atoms with Crippen molar-refractivity contribution < 1.29 is 14.3 Å². The average Bonchev–Trinajstić information content (AvgIpc) is 2.85. The van der Waals surface area contributed by atoms with Crippen LogP contribution in [-0.4, -0.2) is 35.9 Å². The van der Waals surface area contributed by atoms with Crippen molar-refractivity contribution in [3.05, 3.63) is 101 Å². The molecule has 0 unspecified atom stereocenters. The first kappa shape index (κ1) is 26.0. The normalized spacial score (nSPS) is 11.7. The number of ether oxygens (including phenoxy) is 1. The van der Waals surface area contributed by atoms with E-state index in [1.165, 1.54) is 0 Å². The van der Waals surface area contributed by atoms with Crippen LogP contribution in [0.5, 0.6) is 5.75 Å². The van der Waals surface area contributed by atoms with E-state index in [0.717, 1.165) is 22.3 Å². The monoisotopic (exact) mass is 472 g/mol. The fourth-order valence-electron chi connectivity index (χ4n) is 3.81. The van der Waals surface area contributed by atoms with Crippen molar-refractivity contribution >= 4 is 11.8 Å². The van der Waals surface area contributed by atoms with Crippen LogP contribution >= 0.6 is 0 Å². The van der Waals surface area contributed by atoms with Crippen LogP contribution in [0, 0.1) is 19.8 Å². The van der Waals surface area contributed by atoms with E-state index in [1.54, 1.807) is 4.90 Å². The van der Waals surface area contributed by atoms with Gasteiger partial charge in [-0.3, -0.25) is 9.59 Å². The van der Waals surface area contributed by atoms with Crippen LogP contribution in [0.15, 0.2) is 78.9 Å². The first-order chi connectivity index (χ1) is 16.8. The zero-order valence-electron chi connectivity index (χ0n) is 21.2. The molecule has 0 spiro atoms. The molecule has 5 heteroatoms. The molecule has 0 radical (unpaired) electrons. The molecule has 0 saturated carbocycles. The zero-order chi connectivity index (χ0) is 25.2. The lowest BCUT2D eigenvalue weighted by molar-refractivity contribution is -0.142. The van der Waals surface area contributed by atoms with Gasteiger partial charge in [0, 0.05) is 19.5 Å². The van der Waals surface area contributed by atoms with E-state index < -0.39 is 6.04 Å². The Morgan fingerprint density at radius 3 is 2.20 bits per heavy atom. The van der Waals surface area contributed by atoms with Crippen LogP contribution in [0.3, 0.4) is 0 Å². The molecule has 0 aliphatic heterocycles. The summed E-state index contributed by atoms with van der Waals surface area (Å²) >= 11 is 0. The molecule has 1 N–H and O–H groups in total. The van der Waals surface area contributed by atoms with Gasteiger partial charge in [-0.2, -0.15) is 0 Å². The van der Waals surface area contributed by atoms with Gasteiger partial charge in [0.1, 0.15) is 11.8 Å². The Bertz CT molecular complexity index is 1090.